The minimum atomic E-state index is -0.286. The normalized spacial score (nSPS) is 10.6. The molecule has 0 bridgehead atoms. The van der Waals surface area contributed by atoms with Crippen molar-refractivity contribution in [2.24, 2.45) is 0 Å². The molecule has 0 atom stereocenters. The number of hydrogen-bond acceptors (Lipinski definition) is 2. The third-order valence-corrected chi connectivity index (χ3v) is 4.20. The average molecular weight is 348 g/mol. The highest BCUT2D eigenvalue weighted by Crippen LogP contribution is 2.22. The molecule has 3 rings (SSSR count). The fourth-order valence-corrected chi connectivity index (χ4v) is 2.86. The van der Waals surface area contributed by atoms with Gasteiger partial charge in [0.1, 0.15) is 5.82 Å². The fourth-order valence-electron chi connectivity index (χ4n) is 2.86. The number of halogens is 1. The summed E-state index contributed by atoms with van der Waals surface area (Å²) in [5.74, 6) is -0.419. The van der Waals surface area contributed by atoms with Gasteiger partial charge in [0.2, 0.25) is 5.91 Å². The van der Waals surface area contributed by atoms with E-state index in [1.165, 1.54) is 12.1 Å². The van der Waals surface area contributed by atoms with Crippen molar-refractivity contribution in [3.8, 4) is 0 Å². The molecule has 132 valence electrons. The Balaban J connectivity index is 1.71. The van der Waals surface area contributed by atoms with Gasteiger partial charge in [-0.15, -0.1) is 0 Å². The van der Waals surface area contributed by atoms with Crippen molar-refractivity contribution in [2.45, 2.75) is 13.0 Å². The van der Waals surface area contributed by atoms with Crippen molar-refractivity contribution < 1.29 is 9.18 Å². The number of hydrogen-bond donors (Lipinski definition) is 2. The zero-order valence-corrected chi connectivity index (χ0v) is 14.6. The Morgan fingerprint density at radius 1 is 0.923 bits per heavy atom. The van der Waals surface area contributed by atoms with Crippen LogP contribution in [0.5, 0.6) is 0 Å². The lowest BCUT2D eigenvalue weighted by atomic mass is 9.99. The van der Waals surface area contributed by atoms with Crippen LogP contribution < -0.4 is 10.6 Å². The number of benzene rings is 3. The Bertz CT molecular complexity index is 826. The van der Waals surface area contributed by atoms with Crippen LogP contribution in [-0.4, -0.2) is 12.5 Å². The van der Waals surface area contributed by atoms with Crippen molar-refractivity contribution in [3.05, 3.63) is 101 Å². The first-order chi connectivity index (χ1) is 12.6. The van der Waals surface area contributed by atoms with Gasteiger partial charge < -0.3 is 10.6 Å². The largest absolute Gasteiger partial charge is 0.376 e. The molecule has 3 aromatic carbocycles. The van der Waals surface area contributed by atoms with E-state index < -0.39 is 0 Å². The third-order valence-electron chi connectivity index (χ3n) is 4.20. The molecule has 0 saturated heterocycles. The van der Waals surface area contributed by atoms with Crippen LogP contribution in [0, 0.1) is 12.7 Å². The fraction of sp³-hybridized carbons (Fsp3) is 0.136. The Labute approximate surface area is 152 Å². The Morgan fingerprint density at radius 3 is 2.04 bits per heavy atom. The Hall–Kier alpha value is -3.14. The lowest BCUT2D eigenvalue weighted by Gasteiger charge is -2.20. The van der Waals surface area contributed by atoms with E-state index in [1.54, 1.807) is 13.0 Å². The lowest BCUT2D eigenvalue weighted by Crippen LogP contribution is -2.34. The van der Waals surface area contributed by atoms with E-state index in [1.807, 2.05) is 60.7 Å². The molecule has 0 saturated carbocycles. The van der Waals surface area contributed by atoms with Crippen LogP contribution in [0.25, 0.3) is 0 Å². The summed E-state index contributed by atoms with van der Waals surface area (Å²) >= 11 is 0. The molecule has 26 heavy (non-hydrogen) atoms. The Kier molecular flexibility index (Phi) is 5.64. The predicted molar refractivity (Wildman–Crippen MR) is 102 cm³/mol. The number of anilines is 1. The summed E-state index contributed by atoms with van der Waals surface area (Å²) in [6.45, 7) is 1.92. The lowest BCUT2D eigenvalue weighted by molar-refractivity contribution is -0.119. The monoisotopic (exact) mass is 348 g/mol. The zero-order valence-electron chi connectivity index (χ0n) is 14.6. The highest BCUT2D eigenvalue weighted by molar-refractivity contribution is 5.81. The summed E-state index contributed by atoms with van der Waals surface area (Å²) in [6, 6.07) is 23.9. The molecule has 0 aromatic heterocycles. The second-order valence-corrected chi connectivity index (χ2v) is 6.13. The third kappa shape index (κ3) is 4.48. The molecule has 0 fully saturated rings. The highest BCUT2D eigenvalue weighted by atomic mass is 19.1. The maximum Gasteiger partial charge on any atom is 0.240 e. The molecule has 0 unspecified atom stereocenters. The zero-order chi connectivity index (χ0) is 18.4. The molecular weight excluding hydrogens is 327 g/mol. The van der Waals surface area contributed by atoms with Gasteiger partial charge in [0, 0.05) is 5.69 Å². The van der Waals surface area contributed by atoms with Crippen LogP contribution in [0.3, 0.4) is 0 Å². The molecule has 2 N–H and O–H groups in total. The van der Waals surface area contributed by atoms with Crippen LogP contribution in [0.15, 0.2) is 78.9 Å². The van der Waals surface area contributed by atoms with E-state index in [4.69, 9.17) is 0 Å². The van der Waals surface area contributed by atoms with Gasteiger partial charge in [-0.05, 0) is 41.8 Å². The van der Waals surface area contributed by atoms with Crippen molar-refractivity contribution in [1.82, 2.24) is 5.32 Å². The number of nitrogens with one attached hydrogen (secondary N) is 2. The molecule has 3 nitrogen and oxygen atoms in total. The van der Waals surface area contributed by atoms with Gasteiger partial charge in [-0.1, -0.05) is 60.7 Å². The first-order valence-corrected chi connectivity index (χ1v) is 8.53. The summed E-state index contributed by atoms with van der Waals surface area (Å²) in [4.78, 5) is 12.5. The van der Waals surface area contributed by atoms with Crippen LogP contribution >= 0.6 is 0 Å². The van der Waals surface area contributed by atoms with Crippen molar-refractivity contribution in [1.29, 1.82) is 0 Å². The summed E-state index contributed by atoms with van der Waals surface area (Å²) < 4.78 is 13.2. The minimum absolute atomic E-state index is 0.114. The van der Waals surface area contributed by atoms with Gasteiger partial charge in [-0.3, -0.25) is 4.79 Å². The highest BCUT2D eigenvalue weighted by Gasteiger charge is 2.16. The summed E-state index contributed by atoms with van der Waals surface area (Å²) in [5.41, 5.74) is 3.55. The quantitative estimate of drug-likeness (QED) is 0.691. The molecule has 1 amide bonds. The van der Waals surface area contributed by atoms with E-state index >= 15 is 0 Å². The minimum Gasteiger partial charge on any atom is -0.376 e. The Morgan fingerprint density at radius 2 is 1.50 bits per heavy atom. The van der Waals surface area contributed by atoms with Crippen LogP contribution in [0.2, 0.25) is 0 Å². The molecule has 0 spiro atoms. The second kappa shape index (κ2) is 8.30. The molecule has 0 aliphatic carbocycles. The smallest absolute Gasteiger partial charge is 0.240 e. The van der Waals surface area contributed by atoms with Crippen LogP contribution in [0.1, 0.15) is 22.7 Å². The van der Waals surface area contributed by atoms with Gasteiger partial charge in [0.25, 0.3) is 0 Å². The SMILES string of the molecule is Cc1cc(F)ccc1NCC(=O)NC(c1ccccc1)c1ccccc1. The molecule has 4 heteroatoms. The molecule has 0 aliphatic heterocycles. The maximum atomic E-state index is 13.2. The summed E-state index contributed by atoms with van der Waals surface area (Å²) in [5, 5.41) is 6.14. The van der Waals surface area contributed by atoms with Gasteiger partial charge in [0.05, 0.1) is 12.6 Å². The van der Waals surface area contributed by atoms with Gasteiger partial charge in [0.15, 0.2) is 0 Å². The molecule has 0 aliphatic rings. The maximum absolute atomic E-state index is 13.2. The van der Waals surface area contributed by atoms with Crippen LogP contribution in [-0.2, 0) is 4.79 Å². The number of aryl methyl sites for hydroxylation is 1. The topological polar surface area (TPSA) is 41.1 Å². The first-order valence-electron chi connectivity index (χ1n) is 8.53. The number of carbonyl (C=O) groups is 1. The number of amides is 1. The molecule has 0 heterocycles. The van der Waals surface area contributed by atoms with E-state index in [2.05, 4.69) is 10.6 Å². The van der Waals surface area contributed by atoms with Crippen molar-refractivity contribution in [2.75, 3.05) is 11.9 Å². The molecular formula is C22H21FN2O. The van der Waals surface area contributed by atoms with E-state index in [0.29, 0.717) is 0 Å². The second-order valence-electron chi connectivity index (χ2n) is 6.13. The van der Waals surface area contributed by atoms with Crippen molar-refractivity contribution >= 4 is 11.6 Å². The van der Waals surface area contributed by atoms with E-state index in [-0.39, 0.29) is 24.3 Å². The predicted octanol–water partition coefficient (Wildman–Crippen LogP) is 4.45. The van der Waals surface area contributed by atoms with Gasteiger partial charge >= 0.3 is 0 Å². The van der Waals surface area contributed by atoms with E-state index in [9.17, 15) is 9.18 Å². The standard InChI is InChI=1S/C22H21FN2O/c1-16-14-19(23)12-13-20(16)24-15-21(26)25-22(17-8-4-2-5-9-17)18-10-6-3-7-11-18/h2-14,22,24H,15H2,1H3,(H,25,26). The number of rotatable bonds is 6. The molecule has 0 radical (unpaired) electrons. The van der Waals surface area contributed by atoms with Gasteiger partial charge in [-0.2, -0.15) is 0 Å². The average Bonchev–Trinajstić information content (AvgIpc) is 2.67. The van der Waals surface area contributed by atoms with Crippen LogP contribution in [0.4, 0.5) is 10.1 Å². The van der Waals surface area contributed by atoms with Gasteiger partial charge in [-0.25, -0.2) is 4.39 Å². The van der Waals surface area contributed by atoms with E-state index in [0.717, 1.165) is 22.4 Å². The summed E-state index contributed by atoms with van der Waals surface area (Å²) in [7, 11) is 0. The first kappa shape index (κ1) is 17.7. The van der Waals surface area contributed by atoms with Crippen molar-refractivity contribution in [3.63, 3.8) is 0 Å². The number of carbonyl (C=O) groups excluding carboxylic acids is 1. The molecule has 3 aromatic rings. The summed E-state index contributed by atoms with van der Waals surface area (Å²) in [6.07, 6.45) is 0.